The molecule has 0 saturated heterocycles. The zero-order valence-electron chi connectivity index (χ0n) is 7.19. The van der Waals surface area contributed by atoms with Crippen molar-refractivity contribution in [1.82, 2.24) is 15.2 Å². The molecule has 0 amide bonds. The minimum atomic E-state index is -0.158. The number of aromatic amines is 1. The summed E-state index contributed by atoms with van der Waals surface area (Å²) < 4.78 is 0. The molecule has 0 bridgehead atoms. The lowest BCUT2D eigenvalue weighted by Gasteiger charge is -1.98. The molecule has 0 radical (unpaired) electrons. The highest BCUT2D eigenvalue weighted by molar-refractivity contribution is 5.83. The molecule has 4 heteroatoms. The number of hydrogen-bond acceptors (Lipinski definition) is 3. The minimum absolute atomic E-state index is 0.158. The molecule has 2 heterocycles. The number of aromatic nitrogens is 3. The van der Waals surface area contributed by atoms with Crippen molar-refractivity contribution in [3.8, 4) is 0 Å². The van der Waals surface area contributed by atoms with Crippen LogP contribution in [0.1, 0.15) is 18.5 Å². The number of carbonyl (C=O) groups is 1. The topological polar surface area (TPSA) is 58.6 Å². The van der Waals surface area contributed by atoms with Gasteiger partial charge in [0.25, 0.3) is 0 Å². The average molecular weight is 175 g/mol. The molecule has 0 aliphatic rings. The van der Waals surface area contributed by atoms with Crippen LogP contribution in [-0.4, -0.2) is 21.5 Å². The maximum Gasteiger partial charge on any atom is 0.128 e. The van der Waals surface area contributed by atoms with Crippen molar-refractivity contribution < 1.29 is 4.79 Å². The summed E-state index contributed by atoms with van der Waals surface area (Å²) in [5.74, 6) is -0.158. The van der Waals surface area contributed by atoms with Gasteiger partial charge in [-0.3, -0.25) is 10.1 Å². The largest absolute Gasteiger partial charge is 0.303 e. The van der Waals surface area contributed by atoms with Gasteiger partial charge in [0.1, 0.15) is 6.29 Å². The molecular formula is C9H9N3O. The van der Waals surface area contributed by atoms with Crippen LogP contribution < -0.4 is 0 Å². The van der Waals surface area contributed by atoms with Crippen molar-refractivity contribution in [2.75, 3.05) is 0 Å². The maximum atomic E-state index is 10.6. The van der Waals surface area contributed by atoms with Gasteiger partial charge in [-0.25, -0.2) is 0 Å². The molecule has 1 unspecified atom stereocenters. The second kappa shape index (κ2) is 2.97. The second-order valence-corrected chi connectivity index (χ2v) is 2.95. The van der Waals surface area contributed by atoms with E-state index in [1.54, 1.807) is 12.4 Å². The van der Waals surface area contributed by atoms with Crippen LogP contribution in [0, 0.1) is 0 Å². The molecule has 0 fully saturated rings. The van der Waals surface area contributed by atoms with Crippen LogP contribution in [0.15, 0.2) is 18.5 Å². The fourth-order valence-electron chi connectivity index (χ4n) is 1.29. The SMILES string of the molecule is CC(C=O)c1[nH]nc2ccncc12. The van der Waals surface area contributed by atoms with E-state index in [-0.39, 0.29) is 5.92 Å². The molecule has 2 aromatic rings. The quantitative estimate of drug-likeness (QED) is 0.699. The van der Waals surface area contributed by atoms with E-state index >= 15 is 0 Å². The molecule has 1 N–H and O–H groups in total. The van der Waals surface area contributed by atoms with Crippen LogP contribution >= 0.6 is 0 Å². The lowest BCUT2D eigenvalue weighted by atomic mass is 10.1. The number of rotatable bonds is 2. The molecule has 0 aliphatic heterocycles. The molecule has 13 heavy (non-hydrogen) atoms. The van der Waals surface area contributed by atoms with E-state index in [1.807, 2.05) is 13.0 Å². The molecule has 1 atom stereocenters. The predicted octanol–water partition coefficient (Wildman–Crippen LogP) is 1.26. The van der Waals surface area contributed by atoms with Gasteiger partial charge in [0.15, 0.2) is 0 Å². The molecule has 0 spiro atoms. The average Bonchev–Trinajstić information content (AvgIpc) is 2.60. The van der Waals surface area contributed by atoms with Gasteiger partial charge in [0.2, 0.25) is 0 Å². The monoisotopic (exact) mass is 175 g/mol. The van der Waals surface area contributed by atoms with E-state index in [4.69, 9.17) is 0 Å². The highest BCUT2D eigenvalue weighted by Gasteiger charge is 2.10. The zero-order valence-corrected chi connectivity index (χ0v) is 7.19. The Hall–Kier alpha value is -1.71. The van der Waals surface area contributed by atoms with Crippen LogP contribution in [-0.2, 0) is 4.79 Å². The predicted molar refractivity (Wildman–Crippen MR) is 48.4 cm³/mol. The third-order valence-corrected chi connectivity index (χ3v) is 2.04. The summed E-state index contributed by atoms with van der Waals surface area (Å²) in [5, 5.41) is 7.83. The van der Waals surface area contributed by atoms with Gasteiger partial charge in [-0.15, -0.1) is 0 Å². The lowest BCUT2D eigenvalue weighted by molar-refractivity contribution is -0.108. The number of fused-ring (bicyclic) bond motifs is 1. The van der Waals surface area contributed by atoms with E-state index in [9.17, 15) is 4.79 Å². The number of carbonyl (C=O) groups excluding carboxylic acids is 1. The van der Waals surface area contributed by atoms with Gasteiger partial charge in [-0.2, -0.15) is 5.10 Å². The van der Waals surface area contributed by atoms with Crippen LogP contribution in [0.5, 0.6) is 0 Å². The van der Waals surface area contributed by atoms with Crippen LogP contribution in [0.25, 0.3) is 10.9 Å². The summed E-state index contributed by atoms with van der Waals surface area (Å²) in [6.45, 7) is 1.83. The van der Waals surface area contributed by atoms with Crippen molar-refractivity contribution in [2.24, 2.45) is 0 Å². The minimum Gasteiger partial charge on any atom is -0.303 e. The number of aldehydes is 1. The Morgan fingerprint density at radius 3 is 3.23 bits per heavy atom. The molecule has 2 rings (SSSR count). The molecule has 4 nitrogen and oxygen atoms in total. The first-order valence-electron chi connectivity index (χ1n) is 4.06. The van der Waals surface area contributed by atoms with E-state index < -0.39 is 0 Å². The van der Waals surface area contributed by atoms with Crippen LogP contribution in [0.4, 0.5) is 0 Å². The number of nitrogens with one attached hydrogen (secondary N) is 1. The standard InChI is InChI=1S/C9H9N3O/c1-6(5-13)9-7-4-10-3-2-8(7)11-12-9/h2-6H,1H3,(H,11,12). The summed E-state index contributed by atoms with van der Waals surface area (Å²) >= 11 is 0. The Balaban J connectivity index is 2.64. The molecule has 66 valence electrons. The summed E-state index contributed by atoms with van der Waals surface area (Å²) in [4.78, 5) is 14.6. The van der Waals surface area contributed by atoms with E-state index in [1.165, 1.54) is 0 Å². The van der Waals surface area contributed by atoms with E-state index in [0.717, 1.165) is 22.9 Å². The van der Waals surface area contributed by atoms with Crippen LogP contribution in [0.3, 0.4) is 0 Å². The lowest BCUT2D eigenvalue weighted by Crippen LogP contribution is -1.95. The van der Waals surface area contributed by atoms with Gasteiger partial charge in [-0.05, 0) is 6.07 Å². The molecule has 0 aromatic carbocycles. The summed E-state index contributed by atoms with van der Waals surface area (Å²) in [6.07, 6.45) is 4.28. The number of pyridine rings is 1. The first kappa shape index (κ1) is 7.91. The Labute approximate surface area is 75.0 Å². The van der Waals surface area contributed by atoms with Gasteiger partial charge in [0.05, 0.1) is 17.1 Å². The smallest absolute Gasteiger partial charge is 0.128 e. The van der Waals surface area contributed by atoms with Crippen molar-refractivity contribution in [1.29, 1.82) is 0 Å². The Morgan fingerprint density at radius 2 is 2.46 bits per heavy atom. The normalized spacial score (nSPS) is 13.0. The first-order valence-corrected chi connectivity index (χ1v) is 4.06. The summed E-state index contributed by atoms with van der Waals surface area (Å²) in [7, 11) is 0. The maximum absolute atomic E-state index is 10.6. The Morgan fingerprint density at radius 1 is 1.62 bits per heavy atom. The second-order valence-electron chi connectivity index (χ2n) is 2.95. The van der Waals surface area contributed by atoms with Gasteiger partial charge < -0.3 is 4.79 Å². The summed E-state index contributed by atoms with van der Waals surface area (Å²) in [6, 6.07) is 1.81. The third kappa shape index (κ3) is 1.20. The number of H-pyrrole nitrogens is 1. The van der Waals surface area contributed by atoms with Crippen molar-refractivity contribution >= 4 is 17.2 Å². The first-order chi connectivity index (χ1) is 6.33. The van der Waals surface area contributed by atoms with E-state index in [2.05, 4.69) is 15.2 Å². The third-order valence-electron chi connectivity index (χ3n) is 2.04. The van der Waals surface area contributed by atoms with Gasteiger partial charge >= 0.3 is 0 Å². The molecule has 0 saturated carbocycles. The highest BCUT2D eigenvalue weighted by Crippen LogP contribution is 2.19. The van der Waals surface area contributed by atoms with Gasteiger partial charge in [-0.1, -0.05) is 6.92 Å². The Kier molecular flexibility index (Phi) is 1.81. The van der Waals surface area contributed by atoms with Gasteiger partial charge in [0, 0.05) is 17.8 Å². The zero-order chi connectivity index (χ0) is 9.26. The van der Waals surface area contributed by atoms with Crippen molar-refractivity contribution in [3.05, 3.63) is 24.2 Å². The molecule has 2 aromatic heterocycles. The fraction of sp³-hybridized carbons (Fsp3) is 0.222. The number of hydrogen-bond donors (Lipinski definition) is 1. The van der Waals surface area contributed by atoms with E-state index in [0.29, 0.717) is 0 Å². The molecule has 0 aliphatic carbocycles. The summed E-state index contributed by atoms with van der Waals surface area (Å²) in [5.41, 5.74) is 1.68. The van der Waals surface area contributed by atoms with Crippen LogP contribution in [0.2, 0.25) is 0 Å². The Bertz CT molecular complexity index is 435. The van der Waals surface area contributed by atoms with Crippen molar-refractivity contribution in [2.45, 2.75) is 12.8 Å². The fourth-order valence-corrected chi connectivity index (χ4v) is 1.29. The van der Waals surface area contributed by atoms with Crippen molar-refractivity contribution in [3.63, 3.8) is 0 Å². The molecular weight excluding hydrogens is 166 g/mol. The number of nitrogens with zero attached hydrogens (tertiary/aromatic N) is 2. The highest BCUT2D eigenvalue weighted by atomic mass is 16.1.